The van der Waals surface area contributed by atoms with Crippen molar-refractivity contribution in [3.05, 3.63) is 52.1 Å². The summed E-state index contributed by atoms with van der Waals surface area (Å²) in [6, 6.07) is 8.71. The second kappa shape index (κ2) is 7.09. The molecule has 0 fully saturated rings. The van der Waals surface area contributed by atoms with E-state index in [-0.39, 0.29) is 35.3 Å². The molecule has 1 heterocycles. The zero-order valence-electron chi connectivity index (χ0n) is 13.7. The number of nitro groups is 1. The van der Waals surface area contributed by atoms with E-state index in [1.54, 1.807) is 6.07 Å². The SMILES string of the molecule is CC(=O)c1cc2c(cc1NC(=O)COc1ccccc1[N+](=O)[O-])OCO2. The number of rotatable bonds is 6. The van der Waals surface area contributed by atoms with Gasteiger partial charge in [-0.3, -0.25) is 19.7 Å². The van der Waals surface area contributed by atoms with Crippen LogP contribution in [0, 0.1) is 10.1 Å². The number of hydrogen-bond donors (Lipinski definition) is 1. The molecule has 0 atom stereocenters. The molecule has 0 aromatic heterocycles. The largest absolute Gasteiger partial charge is 0.477 e. The van der Waals surface area contributed by atoms with E-state index in [0.717, 1.165) is 0 Å². The fourth-order valence-corrected chi connectivity index (χ4v) is 2.40. The number of para-hydroxylation sites is 2. The van der Waals surface area contributed by atoms with E-state index in [1.165, 1.54) is 37.3 Å². The highest BCUT2D eigenvalue weighted by Gasteiger charge is 2.21. The number of amides is 1. The Balaban J connectivity index is 1.73. The molecule has 0 saturated heterocycles. The van der Waals surface area contributed by atoms with Gasteiger partial charge >= 0.3 is 5.69 Å². The van der Waals surface area contributed by atoms with Crippen molar-refractivity contribution in [2.45, 2.75) is 6.92 Å². The van der Waals surface area contributed by atoms with Gasteiger partial charge in [-0.1, -0.05) is 12.1 Å². The van der Waals surface area contributed by atoms with E-state index >= 15 is 0 Å². The van der Waals surface area contributed by atoms with Gasteiger partial charge in [0.2, 0.25) is 6.79 Å². The number of nitrogens with zero attached hydrogens (tertiary/aromatic N) is 1. The number of nitro benzene ring substituents is 1. The first-order valence-electron chi connectivity index (χ1n) is 7.56. The minimum Gasteiger partial charge on any atom is -0.477 e. The minimum atomic E-state index is -0.598. The van der Waals surface area contributed by atoms with Gasteiger partial charge in [-0.15, -0.1) is 0 Å². The van der Waals surface area contributed by atoms with E-state index in [2.05, 4.69) is 5.32 Å². The van der Waals surface area contributed by atoms with Gasteiger partial charge in [-0.25, -0.2) is 0 Å². The number of carbonyl (C=O) groups excluding carboxylic acids is 2. The van der Waals surface area contributed by atoms with Gasteiger partial charge in [0.15, 0.2) is 29.6 Å². The van der Waals surface area contributed by atoms with Crippen LogP contribution in [0.5, 0.6) is 17.2 Å². The van der Waals surface area contributed by atoms with Gasteiger partial charge in [0.05, 0.1) is 10.6 Å². The third-order valence-corrected chi connectivity index (χ3v) is 3.59. The van der Waals surface area contributed by atoms with Gasteiger partial charge in [0, 0.05) is 17.7 Å². The zero-order chi connectivity index (χ0) is 18.7. The molecule has 0 radical (unpaired) electrons. The Kier molecular flexibility index (Phi) is 4.70. The molecule has 0 saturated carbocycles. The van der Waals surface area contributed by atoms with Crippen LogP contribution in [0.1, 0.15) is 17.3 Å². The highest BCUT2D eigenvalue weighted by molar-refractivity contribution is 6.04. The molecule has 0 spiro atoms. The molecule has 134 valence electrons. The summed E-state index contributed by atoms with van der Waals surface area (Å²) in [5.74, 6) is -0.0397. The molecule has 1 N–H and O–H groups in total. The molecular formula is C17H14N2O7. The molecule has 0 bridgehead atoms. The van der Waals surface area contributed by atoms with Crippen LogP contribution in [0.25, 0.3) is 0 Å². The number of carbonyl (C=O) groups is 2. The fraction of sp³-hybridized carbons (Fsp3) is 0.176. The normalized spacial score (nSPS) is 11.7. The maximum atomic E-state index is 12.2. The molecule has 9 heteroatoms. The molecule has 1 aliphatic heterocycles. The van der Waals surface area contributed by atoms with Crippen molar-refractivity contribution in [3.63, 3.8) is 0 Å². The summed E-state index contributed by atoms with van der Waals surface area (Å²) in [5.41, 5.74) is 0.263. The summed E-state index contributed by atoms with van der Waals surface area (Å²) in [5, 5.41) is 13.5. The topological polar surface area (TPSA) is 117 Å². The number of fused-ring (bicyclic) bond motifs is 1. The summed E-state index contributed by atoms with van der Waals surface area (Å²) in [6.45, 7) is 0.929. The first kappa shape index (κ1) is 17.2. The van der Waals surface area contributed by atoms with Crippen molar-refractivity contribution >= 4 is 23.1 Å². The Morgan fingerprint density at radius 1 is 1.23 bits per heavy atom. The standard InChI is InChI=1S/C17H14N2O7/c1-10(20)11-6-15-16(26-9-25-15)7-12(11)18-17(21)8-24-14-5-3-2-4-13(14)19(22)23/h2-7H,8-9H2,1H3,(H,18,21). The van der Waals surface area contributed by atoms with E-state index in [0.29, 0.717) is 11.5 Å². The van der Waals surface area contributed by atoms with Crippen molar-refractivity contribution in [2.75, 3.05) is 18.7 Å². The number of benzene rings is 2. The van der Waals surface area contributed by atoms with Crippen LogP contribution in [0.3, 0.4) is 0 Å². The lowest BCUT2D eigenvalue weighted by Gasteiger charge is -2.11. The Bertz CT molecular complexity index is 895. The Morgan fingerprint density at radius 2 is 1.92 bits per heavy atom. The third kappa shape index (κ3) is 3.56. The van der Waals surface area contributed by atoms with E-state index < -0.39 is 17.4 Å². The van der Waals surface area contributed by atoms with Gasteiger partial charge in [-0.05, 0) is 19.1 Å². The molecule has 1 amide bonds. The first-order chi connectivity index (χ1) is 12.5. The molecule has 26 heavy (non-hydrogen) atoms. The average molecular weight is 358 g/mol. The molecule has 1 aliphatic rings. The first-order valence-corrected chi connectivity index (χ1v) is 7.56. The Hall–Kier alpha value is -3.62. The lowest BCUT2D eigenvalue weighted by Crippen LogP contribution is -2.21. The highest BCUT2D eigenvalue weighted by Crippen LogP contribution is 2.37. The smallest absolute Gasteiger partial charge is 0.310 e. The zero-order valence-corrected chi connectivity index (χ0v) is 13.7. The van der Waals surface area contributed by atoms with Crippen LogP contribution in [-0.2, 0) is 4.79 Å². The lowest BCUT2D eigenvalue weighted by atomic mass is 10.1. The number of ketones is 1. The molecule has 0 aliphatic carbocycles. The van der Waals surface area contributed by atoms with Gasteiger partial charge in [0.25, 0.3) is 5.91 Å². The molecular weight excluding hydrogens is 344 g/mol. The number of anilines is 1. The van der Waals surface area contributed by atoms with Gasteiger partial charge in [-0.2, -0.15) is 0 Å². The van der Waals surface area contributed by atoms with Crippen molar-refractivity contribution in [1.82, 2.24) is 0 Å². The summed E-state index contributed by atoms with van der Waals surface area (Å²) >= 11 is 0. The molecule has 2 aromatic rings. The number of hydrogen-bond acceptors (Lipinski definition) is 7. The van der Waals surface area contributed by atoms with Crippen molar-refractivity contribution < 1.29 is 28.7 Å². The predicted octanol–water partition coefficient (Wildman–Crippen LogP) is 2.54. The summed E-state index contributed by atoms with van der Waals surface area (Å²) in [7, 11) is 0. The van der Waals surface area contributed by atoms with Crippen molar-refractivity contribution in [1.29, 1.82) is 0 Å². The summed E-state index contributed by atoms with van der Waals surface area (Å²) in [6.07, 6.45) is 0. The molecule has 2 aromatic carbocycles. The Labute approximate surface area is 147 Å². The van der Waals surface area contributed by atoms with Crippen LogP contribution in [0.15, 0.2) is 36.4 Å². The highest BCUT2D eigenvalue weighted by atomic mass is 16.7. The minimum absolute atomic E-state index is 0.0230. The van der Waals surface area contributed by atoms with Crippen molar-refractivity contribution in [3.8, 4) is 17.2 Å². The second-order valence-electron chi connectivity index (χ2n) is 5.37. The second-order valence-corrected chi connectivity index (χ2v) is 5.37. The molecule has 3 rings (SSSR count). The van der Waals surface area contributed by atoms with E-state index in [9.17, 15) is 19.7 Å². The van der Waals surface area contributed by atoms with E-state index in [1.807, 2.05) is 0 Å². The van der Waals surface area contributed by atoms with E-state index in [4.69, 9.17) is 14.2 Å². The average Bonchev–Trinajstić information content (AvgIpc) is 3.06. The lowest BCUT2D eigenvalue weighted by molar-refractivity contribution is -0.385. The van der Waals surface area contributed by atoms with Crippen LogP contribution in [-0.4, -0.2) is 30.0 Å². The quantitative estimate of drug-likeness (QED) is 0.479. The van der Waals surface area contributed by atoms with Crippen LogP contribution in [0.2, 0.25) is 0 Å². The molecule has 9 nitrogen and oxygen atoms in total. The number of nitrogens with one attached hydrogen (secondary N) is 1. The van der Waals surface area contributed by atoms with Crippen molar-refractivity contribution in [2.24, 2.45) is 0 Å². The van der Waals surface area contributed by atoms with Crippen LogP contribution >= 0.6 is 0 Å². The van der Waals surface area contributed by atoms with Gasteiger partial charge < -0.3 is 19.5 Å². The van der Waals surface area contributed by atoms with Gasteiger partial charge in [0.1, 0.15) is 0 Å². The monoisotopic (exact) mass is 358 g/mol. The third-order valence-electron chi connectivity index (χ3n) is 3.59. The number of ether oxygens (including phenoxy) is 3. The molecule has 0 unspecified atom stereocenters. The van der Waals surface area contributed by atoms with Crippen LogP contribution in [0.4, 0.5) is 11.4 Å². The fourth-order valence-electron chi connectivity index (χ4n) is 2.40. The summed E-state index contributed by atoms with van der Waals surface area (Å²) < 4.78 is 15.7. The number of Topliss-reactive ketones (excluding diaryl/α,β-unsaturated/α-hetero) is 1. The van der Waals surface area contributed by atoms with Crippen LogP contribution < -0.4 is 19.5 Å². The predicted molar refractivity (Wildman–Crippen MR) is 89.8 cm³/mol. The maximum Gasteiger partial charge on any atom is 0.310 e. The summed E-state index contributed by atoms with van der Waals surface area (Å²) in [4.78, 5) is 34.3. The maximum absolute atomic E-state index is 12.2. The Morgan fingerprint density at radius 3 is 2.62 bits per heavy atom.